The highest BCUT2D eigenvalue weighted by Gasteiger charge is 2.16. The number of aryl methyl sites for hydroxylation is 2. The highest BCUT2D eigenvalue weighted by Crippen LogP contribution is 2.25. The molecule has 0 fully saturated rings. The Morgan fingerprint density at radius 3 is 2.59 bits per heavy atom. The van der Waals surface area contributed by atoms with Crippen molar-refractivity contribution in [1.82, 2.24) is 15.3 Å². The van der Waals surface area contributed by atoms with Crippen molar-refractivity contribution < 1.29 is 0 Å². The van der Waals surface area contributed by atoms with Crippen molar-refractivity contribution in [2.75, 3.05) is 7.05 Å². The summed E-state index contributed by atoms with van der Waals surface area (Å²) in [7, 11) is 1.96. The van der Waals surface area contributed by atoms with E-state index in [-0.39, 0.29) is 6.04 Å². The van der Waals surface area contributed by atoms with E-state index in [4.69, 9.17) is 0 Å². The summed E-state index contributed by atoms with van der Waals surface area (Å²) in [4.78, 5) is 8.55. The molecule has 17 heavy (non-hydrogen) atoms. The van der Waals surface area contributed by atoms with Gasteiger partial charge in [-0.05, 0) is 49.7 Å². The number of pyridine rings is 2. The van der Waals surface area contributed by atoms with Crippen molar-refractivity contribution in [3.63, 3.8) is 0 Å². The normalized spacial score (nSPS) is 12.4. The summed E-state index contributed by atoms with van der Waals surface area (Å²) in [6, 6.07) is 6.26. The minimum atomic E-state index is 0.150. The molecule has 2 heterocycles. The van der Waals surface area contributed by atoms with E-state index in [1.54, 1.807) is 0 Å². The fourth-order valence-electron chi connectivity index (χ4n) is 2.06. The van der Waals surface area contributed by atoms with Crippen molar-refractivity contribution in [1.29, 1.82) is 0 Å². The van der Waals surface area contributed by atoms with Crippen LogP contribution in [0.1, 0.15) is 28.4 Å². The zero-order valence-corrected chi connectivity index (χ0v) is 10.4. The van der Waals surface area contributed by atoms with E-state index in [9.17, 15) is 0 Å². The first-order valence-corrected chi connectivity index (χ1v) is 5.73. The molecule has 0 aliphatic rings. The van der Waals surface area contributed by atoms with Gasteiger partial charge in [-0.15, -0.1) is 0 Å². The predicted molar refractivity (Wildman–Crippen MR) is 68.9 cm³/mol. The first-order chi connectivity index (χ1) is 8.24. The maximum Gasteiger partial charge on any atom is 0.0610 e. The first kappa shape index (κ1) is 11.7. The lowest BCUT2D eigenvalue weighted by Crippen LogP contribution is -2.20. The lowest BCUT2D eigenvalue weighted by molar-refractivity contribution is 0.676. The van der Waals surface area contributed by atoms with Crippen LogP contribution in [0.2, 0.25) is 0 Å². The van der Waals surface area contributed by atoms with Gasteiger partial charge in [0.2, 0.25) is 0 Å². The van der Waals surface area contributed by atoms with Gasteiger partial charge in [-0.1, -0.05) is 6.07 Å². The van der Waals surface area contributed by atoms with E-state index in [1.807, 2.05) is 44.7 Å². The Labute approximate surface area is 102 Å². The summed E-state index contributed by atoms with van der Waals surface area (Å²) in [5.41, 5.74) is 4.69. The molecule has 0 aliphatic heterocycles. The number of hydrogen-bond acceptors (Lipinski definition) is 3. The number of aromatic nitrogens is 2. The second-order valence-corrected chi connectivity index (χ2v) is 4.13. The van der Waals surface area contributed by atoms with Crippen LogP contribution >= 0.6 is 0 Å². The van der Waals surface area contributed by atoms with Crippen molar-refractivity contribution in [3.05, 3.63) is 59.2 Å². The Morgan fingerprint density at radius 2 is 1.94 bits per heavy atom. The first-order valence-electron chi connectivity index (χ1n) is 5.73. The summed E-state index contributed by atoms with van der Waals surface area (Å²) in [6.07, 6.45) is 5.56. The SMILES string of the molecule is CNC(c1cnccc1C)c1cccnc1C. The molecular weight excluding hydrogens is 210 g/mol. The second kappa shape index (κ2) is 5.06. The predicted octanol–water partition coefficient (Wildman–Crippen LogP) is 2.40. The highest BCUT2D eigenvalue weighted by molar-refractivity contribution is 5.36. The zero-order chi connectivity index (χ0) is 12.3. The molecule has 1 atom stereocenters. The molecule has 3 heteroatoms. The standard InChI is InChI=1S/C14H17N3/c1-10-6-8-16-9-13(10)14(15-3)12-5-4-7-17-11(12)2/h4-9,14-15H,1-3H3. The topological polar surface area (TPSA) is 37.8 Å². The van der Waals surface area contributed by atoms with Gasteiger partial charge in [-0.3, -0.25) is 9.97 Å². The molecule has 1 unspecified atom stereocenters. The molecule has 0 bridgehead atoms. The smallest absolute Gasteiger partial charge is 0.0610 e. The Balaban J connectivity index is 2.48. The van der Waals surface area contributed by atoms with Crippen LogP contribution in [-0.4, -0.2) is 17.0 Å². The molecule has 3 nitrogen and oxygen atoms in total. The van der Waals surface area contributed by atoms with E-state index in [1.165, 1.54) is 16.7 Å². The summed E-state index contributed by atoms with van der Waals surface area (Å²) in [5, 5.41) is 3.34. The van der Waals surface area contributed by atoms with E-state index >= 15 is 0 Å². The van der Waals surface area contributed by atoms with Gasteiger partial charge in [0.1, 0.15) is 0 Å². The number of rotatable bonds is 3. The maximum absolute atomic E-state index is 4.34. The minimum Gasteiger partial charge on any atom is -0.309 e. The molecule has 1 N–H and O–H groups in total. The Kier molecular flexibility index (Phi) is 3.49. The third-order valence-electron chi connectivity index (χ3n) is 3.04. The second-order valence-electron chi connectivity index (χ2n) is 4.13. The molecule has 0 aliphatic carbocycles. The molecule has 0 radical (unpaired) electrons. The zero-order valence-electron chi connectivity index (χ0n) is 10.4. The number of nitrogens with zero attached hydrogens (tertiary/aromatic N) is 2. The van der Waals surface area contributed by atoms with Gasteiger partial charge in [-0.2, -0.15) is 0 Å². The summed E-state index contributed by atoms with van der Waals surface area (Å²) in [5.74, 6) is 0. The lowest BCUT2D eigenvalue weighted by atomic mass is 9.96. The Hall–Kier alpha value is -1.74. The molecule has 0 aromatic carbocycles. The summed E-state index contributed by atoms with van der Waals surface area (Å²) < 4.78 is 0. The van der Waals surface area contributed by atoms with Gasteiger partial charge in [0.15, 0.2) is 0 Å². The average Bonchev–Trinajstić information content (AvgIpc) is 2.34. The van der Waals surface area contributed by atoms with Gasteiger partial charge in [0, 0.05) is 24.3 Å². The molecule has 0 amide bonds. The largest absolute Gasteiger partial charge is 0.309 e. The third kappa shape index (κ3) is 2.34. The van der Waals surface area contributed by atoms with Crippen molar-refractivity contribution in [2.24, 2.45) is 0 Å². The van der Waals surface area contributed by atoms with Crippen molar-refractivity contribution in [3.8, 4) is 0 Å². The van der Waals surface area contributed by atoms with E-state index < -0.39 is 0 Å². The highest BCUT2D eigenvalue weighted by atomic mass is 14.9. The quantitative estimate of drug-likeness (QED) is 0.875. The molecule has 0 saturated heterocycles. The summed E-state index contributed by atoms with van der Waals surface area (Å²) >= 11 is 0. The van der Waals surface area contributed by atoms with Crippen LogP contribution in [0.3, 0.4) is 0 Å². The number of hydrogen-bond donors (Lipinski definition) is 1. The van der Waals surface area contributed by atoms with Crippen molar-refractivity contribution >= 4 is 0 Å². The molecule has 88 valence electrons. The van der Waals surface area contributed by atoms with Gasteiger partial charge in [0.25, 0.3) is 0 Å². The van der Waals surface area contributed by atoms with Crippen LogP contribution in [0, 0.1) is 13.8 Å². The molecular formula is C14H17N3. The van der Waals surface area contributed by atoms with E-state index in [2.05, 4.69) is 28.3 Å². The van der Waals surface area contributed by atoms with Gasteiger partial charge in [0.05, 0.1) is 6.04 Å². The fraction of sp³-hybridized carbons (Fsp3) is 0.286. The Morgan fingerprint density at radius 1 is 1.12 bits per heavy atom. The lowest BCUT2D eigenvalue weighted by Gasteiger charge is -2.20. The number of nitrogens with one attached hydrogen (secondary N) is 1. The van der Waals surface area contributed by atoms with E-state index in [0.717, 1.165) is 5.69 Å². The summed E-state index contributed by atoms with van der Waals surface area (Å²) in [6.45, 7) is 4.14. The molecule has 2 rings (SSSR count). The van der Waals surface area contributed by atoms with Crippen LogP contribution in [0.25, 0.3) is 0 Å². The monoisotopic (exact) mass is 227 g/mol. The van der Waals surface area contributed by atoms with E-state index in [0.29, 0.717) is 0 Å². The minimum absolute atomic E-state index is 0.150. The van der Waals surface area contributed by atoms with Gasteiger partial charge < -0.3 is 5.32 Å². The molecule has 0 saturated carbocycles. The average molecular weight is 227 g/mol. The Bertz CT molecular complexity index is 463. The van der Waals surface area contributed by atoms with Crippen LogP contribution in [0.4, 0.5) is 0 Å². The van der Waals surface area contributed by atoms with Crippen molar-refractivity contribution in [2.45, 2.75) is 19.9 Å². The van der Waals surface area contributed by atoms with Crippen LogP contribution in [-0.2, 0) is 0 Å². The van der Waals surface area contributed by atoms with Gasteiger partial charge >= 0.3 is 0 Å². The molecule has 2 aromatic rings. The fourth-order valence-corrected chi connectivity index (χ4v) is 2.06. The molecule has 0 spiro atoms. The van der Waals surface area contributed by atoms with Crippen LogP contribution in [0.5, 0.6) is 0 Å². The van der Waals surface area contributed by atoms with Crippen LogP contribution < -0.4 is 5.32 Å². The van der Waals surface area contributed by atoms with Gasteiger partial charge in [-0.25, -0.2) is 0 Å². The van der Waals surface area contributed by atoms with Crippen LogP contribution in [0.15, 0.2) is 36.8 Å². The maximum atomic E-state index is 4.34. The third-order valence-corrected chi connectivity index (χ3v) is 3.04. The molecule has 2 aromatic heterocycles.